The Bertz CT molecular complexity index is 6.04. The normalized spacial score (nSPS) is 0.857. The maximum Gasteiger partial charge on any atom is -0.0683 e. The zero-order valence-corrected chi connectivity index (χ0v) is 15.7. The summed E-state index contributed by atoms with van der Waals surface area (Å²) in [6.07, 6.45) is 0. The minimum atomic E-state index is 0. The fraction of sp³-hybridized carbons (Fsp3) is 1.00. The molecule has 0 aliphatic carbocycles. The molecular weight excluding hydrogens is 659 g/mol. The van der Waals surface area contributed by atoms with Crippen molar-refractivity contribution >= 4 is 120 Å². The molecule has 0 unspecified atom stereocenters. The van der Waals surface area contributed by atoms with Gasteiger partial charge in [-0.05, 0) is 0 Å². The molecule has 7 heavy (non-hydrogen) atoms. The maximum absolute atomic E-state index is 2.00. The maximum atomic E-state index is 2.00. The first kappa shape index (κ1) is 45.9. The molecule has 0 saturated carbocycles. The Morgan fingerprint density at radius 2 is 0.429 bits per heavy atom. The van der Waals surface area contributed by atoms with Gasteiger partial charge in [-0.3, -0.25) is 0 Å². The lowest BCUT2D eigenvalue weighted by molar-refractivity contribution is 1.50. The van der Waals surface area contributed by atoms with Crippen LogP contribution in [-0.4, -0.2) is 0 Å². The predicted molar refractivity (Wildman–Crippen MR) is 88.4 cm³/mol. The smallest absolute Gasteiger partial charge is 0.0683 e. The molecule has 0 aliphatic heterocycles. The van der Waals surface area contributed by atoms with Gasteiger partial charge < -0.3 is 0 Å². The highest BCUT2D eigenvalue weighted by Gasteiger charge is 0.932. The van der Waals surface area contributed by atoms with E-state index in [1.165, 1.54) is 0 Å². The van der Waals surface area contributed by atoms with Crippen LogP contribution < -0.4 is 0 Å². The quantitative estimate of drug-likeness (QED) is 0.341. The second-order valence-electron chi connectivity index (χ2n) is 0. The summed E-state index contributed by atoms with van der Waals surface area (Å²) in [4.78, 5) is 0. The van der Waals surface area contributed by atoms with E-state index in [2.05, 4.69) is 0 Å². The zero-order valence-electron chi connectivity index (χ0n) is 4.04. The van der Waals surface area contributed by atoms with Gasteiger partial charge in [0.15, 0.2) is 0 Å². The zero-order chi connectivity index (χ0) is 2.00. The van der Waals surface area contributed by atoms with E-state index < -0.39 is 0 Å². The summed E-state index contributed by atoms with van der Waals surface area (Å²) < 4.78 is 0. The molecule has 0 bridgehead atoms. The van der Waals surface area contributed by atoms with Crippen LogP contribution in [0.25, 0.3) is 0 Å². The van der Waals surface area contributed by atoms with Crippen molar-refractivity contribution in [1.29, 1.82) is 0 Å². The molecule has 5 heteroatoms. The van der Waals surface area contributed by atoms with E-state index in [1.807, 2.05) is 13.8 Å². The minimum Gasteiger partial charge on any atom is -0.107 e. The van der Waals surface area contributed by atoms with Crippen LogP contribution >= 0.6 is 120 Å². The van der Waals surface area contributed by atoms with Crippen molar-refractivity contribution < 1.29 is 0 Å². The van der Waals surface area contributed by atoms with Crippen LogP contribution in [0.5, 0.6) is 0 Å². The largest absolute Gasteiger partial charge is 0.107 e. The van der Waals surface area contributed by atoms with Crippen LogP contribution in [0.1, 0.15) is 13.8 Å². The fourth-order valence-electron chi connectivity index (χ4n) is 0. The van der Waals surface area contributed by atoms with E-state index in [9.17, 15) is 0 Å². The van der Waals surface area contributed by atoms with Gasteiger partial charge in [-0.1, -0.05) is 13.8 Å². The average Bonchev–Trinajstić information content (AvgIpc) is 1.00. The van der Waals surface area contributed by atoms with Gasteiger partial charge in [0.2, 0.25) is 0 Å². The first-order chi connectivity index (χ1) is 1.00. The molecule has 0 aromatic heterocycles. The third kappa shape index (κ3) is 42.4. The number of hydrogen-bond acceptors (Lipinski definition) is 0. The van der Waals surface area contributed by atoms with E-state index >= 15 is 0 Å². The van der Waals surface area contributed by atoms with E-state index in [1.54, 1.807) is 0 Å². The molecule has 0 heterocycles. The van der Waals surface area contributed by atoms with Gasteiger partial charge >= 0.3 is 0 Å². The molecule has 0 atom stereocenters. The summed E-state index contributed by atoms with van der Waals surface area (Å²) in [7, 11) is 0. The van der Waals surface area contributed by atoms with E-state index in [0.29, 0.717) is 0 Å². The van der Waals surface area contributed by atoms with Crippen LogP contribution in [0.2, 0.25) is 0 Å². The van der Waals surface area contributed by atoms with E-state index in [0.717, 1.165) is 0 Å². The molecule has 0 fully saturated rings. The van der Waals surface area contributed by atoms with Crippen molar-refractivity contribution in [3.8, 4) is 0 Å². The van der Waals surface area contributed by atoms with Gasteiger partial charge in [-0.25, -0.2) is 0 Å². The molecule has 0 aliphatic rings. The average molecular weight is 670 g/mol. The van der Waals surface area contributed by atoms with Crippen molar-refractivity contribution in [1.82, 2.24) is 0 Å². The predicted octanol–water partition coefficient (Wildman–Crippen LogP) is 4.12. The van der Waals surface area contributed by atoms with Crippen molar-refractivity contribution in [2.75, 3.05) is 0 Å². The van der Waals surface area contributed by atoms with Gasteiger partial charge in [0.25, 0.3) is 0 Å². The molecule has 54 valence electrons. The summed E-state index contributed by atoms with van der Waals surface area (Å²) >= 11 is 0. The molecule has 0 rings (SSSR count). The summed E-state index contributed by atoms with van der Waals surface area (Å²) in [6.45, 7) is 4.00. The van der Waals surface area contributed by atoms with Crippen LogP contribution in [-0.2, 0) is 0 Å². The van der Waals surface area contributed by atoms with Gasteiger partial charge in [-0.2, -0.15) is 0 Å². The van der Waals surface area contributed by atoms with Gasteiger partial charge in [0.1, 0.15) is 0 Å². The van der Waals surface area contributed by atoms with Crippen LogP contribution in [0.15, 0.2) is 0 Å². The Morgan fingerprint density at radius 3 is 0.429 bits per heavy atom. The molecule has 0 saturated heterocycles. The fourth-order valence-corrected chi connectivity index (χ4v) is 0. The number of hydrogen-bond donors (Lipinski definition) is 0. The van der Waals surface area contributed by atoms with Crippen molar-refractivity contribution in [3.63, 3.8) is 0 Å². The summed E-state index contributed by atoms with van der Waals surface area (Å²) in [5.41, 5.74) is 0. The molecule has 0 radical (unpaired) electrons. The highest BCUT2D eigenvalue weighted by molar-refractivity contribution is 14.0. The minimum absolute atomic E-state index is 0. The third-order valence-corrected chi connectivity index (χ3v) is 0. The second kappa shape index (κ2) is 54.2. The molecule has 0 spiro atoms. The Labute approximate surface area is 131 Å². The van der Waals surface area contributed by atoms with Crippen molar-refractivity contribution in [2.45, 2.75) is 13.8 Å². The summed E-state index contributed by atoms with van der Waals surface area (Å²) in [5.74, 6) is 0. The first-order valence-electron chi connectivity index (χ1n) is 1.00. The van der Waals surface area contributed by atoms with Gasteiger partial charge in [0, 0.05) is 0 Å². The second-order valence-corrected chi connectivity index (χ2v) is 0. The van der Waals surface area contributed by atoms with E-state index in [4.69, 9.17) is 0 Å². The van der Waals surface area contributed by atoms with Crippen LogP contribution in [0, 0.1) is 0 Å². The van der Waals surface area contributed by atoms with Crippen LogP contribution in [0.4, 0.5) is 0 Å². The molecule has 0 aromatic carbocycles. The Balaban J connectivity index is -0.000000000500. The van der Waals surface area contributed by atoms with Crippen molar-refractivity contribution in [3.05, 3.63) is 0 Å². The Morgan fingerprint density at radius 1 is 0.429 bits per heavy atom. The first-order valence-corrected chi connectivity index (χ1v) is 1.00. The lowest BCUT2D eigenvalue weighted by Gasteiger charge is -1.07. The summed E-state index contributed by atoms with van der Waals surface area (Å²) in [6, 6.07) is 0. The number of rotatable bonds is 0. The molecule has 0 amide bonds. The van der Waals surface area contributed by atoms with Gasteiger partial charge in [0.05, 0.1) is 0 Å². The Hall–Kier alpha value is 3.65. The molecule has 0 N–H and O–H groups in total. The highest BCUT2D eigenvalue weighted by Crippen LogP contribution is 1.14. The van der Waals surface area contributed by atoms with Crippen LogP contribution in [0.3, 0.4) is 0 Å². The molecule has 0 aromatic rings. The lowest BCUT2D eigenvalue weighted by Crippen LogP contribution is -0.856. The monoisotopic (exact) mass is 670 g/mol. The standard InChI is InChI=1S/C2H6.5HI/c1-2;;;;;/h1-2H3;5*1H. The topological polar surface area (TPSA) is 0 Å². The molecule has 0 nitrogen and oxygen atoms in total. The third-order valence-electron chi connectivity index (χ3n) is 0. The lowest BCUT2D eigenvalue weighted by atomic mass is 11.0. The van der Waals surface area contributed by atoms with E-state index in [-0.39, 0.29) is 120 Å². The number of halogens is 5. The van der Waals surface area contributed by atoms with Crippen molar-refractivity contribution in [2.24, 2.45) is 0 Å². The Kier molecular flexibility index (Phi) is 355. The SMILES string of the molecule is CC.I.I.I.I.I. The highest BCUT2D eigenvalue weighted by atomic mass is 127. The summed E-state index contributed by atoms with van der Waals surface area (Å²) in [5, 5.41) is 0. The van der Waals surface area contributed by atoms with Gasteiger partial charge in [-0.15, -0.1) is 120 Å². The molecular formula is C2H11I5.